The van der Waals surface area contributed by atoms with Gasteiger partial charge in [-0.25, -0.2) is 4.79 Å². The summed E-state index contributed by atoms with van der Waals surface area (Å²) < 4.78 is 1.63. The summed E-state index contributed by atoms with van der Waals surface area (Å²) in [4.78, 5) is 26.8. The summed E-state index contributed by atoms with van der Waals surface area (Å²) in [6.45, 7) is 11.7. The molecule has 0 spiro atoms. The number of aromatic nitrogens is 2. The van der Waals surface area contributed by atoms with E-state index < -0.39 is 0 Å². The van der Waals surface area contributed by atoms with Crippen LogP contribution in [-0.2, 0) is 17.3 Å². The van der Waals surface area contributed by atoms with E-state index in [1.54, 1.807) is 23.9 Å². The van der Waals surface area contributed by atoms with Crippen LogP contribution in [0.15, 0.2) is 24.3 Å². The summed E-state index contributed by atoms with van der Waals surface area (Å²) >= 11 is 6.13. The molecule has 1 aromatic carbocycles. The molecular weight excluding hydrogens is 390 g/mol. The zero-order valence-corrected chi connectivity index (χ0v) is 18.9. The number of nitrogens with one attached hydrogen (secondary N) is 2. The maximum absolute atomic E-state index is 12.7. The van der Waals surface area contributed by atoms with E-state index in [9.17, 15) is 9.59 Å². The highest BCUT2D eigenvalue weighted by atomic mass is 35.5. The molecule has 0 radical (unpaired) electrons. The largest absolute Gasteiger partial charge is 0.322 e. The molecule has 7 nitrogen and oxygen atoms in total. The number of amides is 3. The first kappa shape index (κ1) is 22.7. The van der Waals surface area contributed by atoms with Gasteiger partial charge in [-0.1, -0.05) is 38.4 Å². The van der Waals surface area contributed by atoms with Crippen LogP contribution >= 0.6 is 11.6 Å². The number of aryl methyl sites for hydroxylation is 2. The van der Waals surface area contributed by atoms with Crippen molar-refractivity contribution in [2.24, 2.45) is 7.05 Å². The van der Waals surface area contributed by atoms with Crippen LogP contribution in [0.25, 0.3) is 0 Å². The van der Waals surface area contributed by atoms with Crippen LogP contribution in [0.1, 0.15) is 45.9 Å². The zero-order valence-electron chi connectivity index (χ0n) is 18.1. The molecule has 0 fully saturated rings. The second kappa shape index (κ2) is 8.86. The van der Waals surface area contributed by atoms with Crippen molar-refractivity contribution in [2.45, 2.75) is 53.0 Å². The van der Waals surface area contributed by atoms with Gasteiger partial charge >= 0.3 is 6.03 Å². The molecule has 0 saturated heterocycles. The van der Waals surface area contributed by atoms with Crippen LogP contribution in [0.5, 0.6) is 0 Å². The Balaban J connectivity index is 2.07. The minimum absolute atomic E-state index is 0.0842. The van der Waals surface area contributed by atoms with E-state index >= 15 is 0 Å². The van der Waals surface area contributed by atoms with Gasteiger partial charge in [-0.2, -0.15) is 5.10 Å². The van der Waals surface area contributed by atoms with Gasteiger partial charge in [0, 0.05) is 35.3 Å². The molecule has 0 unspecified atom stereocenters. The highest BCUT2D eigenvalue weighted by molar-refractivity contribution is 6.31. The number of anilines is 2. The Labute approximate surface area is 177 Å². The lowest BCUT2D eigenvalue weighted by Gasteiger charge is -2.26. The molecule has 0 aliphatic carbocycles. The van der Waals surface area contributed by atoms with E-state index in [0.29, 0.717) is 16.5 Å². The fraction of sp³-hybridized carbons (Fsp3) is 0.476. The average molecular weight is 420 g/mol. The third-order valence-electron chi connectivity index (χ3n) is 4.54. The second-order valence-electron chi connectivity index (χ2n) is 8.45. The number of nitrogens with zero attached hydrogens (tertiary/aromatic N) is 3. The van der Waals surface area contributed by atoms with E-state index in [4.69, 9.17) is 11.6 Å². The predicted molar refractivity (Wildman–Crippen MR) is 118 cm³/mol. The van der Waals surface area contributed by atoms with E-state index in [1.165, 1.54) is 4.90 Å². The lowest BCUT2D eigenvalue weighted by molar-refractivity contribution is -0.117. The topological polar surface area (TPSA) is 79.3 Å². The maximum Gasteiger partial charge on any atom is 0.322 e. The molecule has 0 saturated carbocycles. The molecule has 3 amide bonds. The third-order valence-corrected chi connectivity index (χ3v) is 4.94. The number of hydrogen-bond donors (Lipinski definition) is 2. The van der Waals surface area contributed by atoms with Crippen LogP contribution in [0, 0.1) is 6.92 Å². The van der Waals surface area contributed by atoms with Gasteiger partial charge in [-0.05, 0) is 38.5 Å². The van der Waals surface area contributed by atoms with Gasteiger partial charge < -0.3 is 15.5 Å². The monoisotopic (exact) mass is 419 g/mol. The molecule has 0 aliphatic rings. The molecule has 0 aliphatic heterocycles. The highest BCUT2D eigenvalue weighted by Gasteiger charge is 2.23. The van der Waals surface area contributed by atoms with Crippen LogP contribution < -0.4 is 10.6 Å². The van der Waals surface area contributed by atoms with Crippen molar-refractivity contribution in [1.82, 2.24) is 14.7 Å². The number of urea groups is 1. The summed E-state index contributed by atoms with van der Waals surface area (Å²) in [5.41, 5.74) is 2.26. The number of rotatable bonds is 5. The second-order valence-corrected chi connectivity index (χ2v) is 8.86. The molecule has 1 heterocycles. The van der Waals surface area contributed by atoms with E-state index in [0.717, 1.165) is 11.3 Å². The molecule has 1 aromatic heterocycles. The van der Waals surface area contributed by atoms with Crippen LogP contribution in [-0.4, -0.2) is 39.2 Å². The lowest BCUT2D eigenvalue weighted by atomic mass is 9.92. The molecule has 2 N–H and O–H groups in total. The van der Waals surface area contributed by atoms with E-state index in [1.807, 2.05) is 32.9 Å². The molecule has 8 heteroatoms. The van der Waals surface area contributed by atoms with Crippen molar-refractivity contribution in [3.05, 3.63) is 40.5 Å². The van der Waals surface area contributed by atoms with E-state index in [-0.39, 0.29) is 29.9 Å². The first-order valence-electron chi connectivity index (χ1n) is 9.56. The van der Waals surface area contributed by atoms with Gasteiger partial charge in [0.2, 0.25) is 5.91 Å². The SMILES string of the molecule is Cc1ccc(NC(=O)N(CC(=O)Nc2cc(C(C)(C)C)nn2C)C(C)C)cc1Cl. The van der Waals surface area contributed by atoms with E-state index in [2.05, 4.69) is 36.5 Å². The molecule has 2 rings (SSSR count). The molecule has 0 bridgehead atoms. The normalized spacial score (nSPS) is 11.5. The number of carbonyl (C=O) groups excluding carboxylic acids is 2. The number of halogens is 1. The minimum atomic E-state index is -0.365. The predicted octanol–water partition coefficient (Wildman–Crippen LogP) is 4.56. The van der Waals surface area contributed by atoms with Crippen LogP contribution in [0.3, 0.4) is 0 Å². The minimum Gasteiger partial charge on any atom is -0.313 e. The van der Waals surface area contributed by atoms with Gasteiger partial charge in [0.25, 0.3) is 0 Å². The van der Waals surface area contributed by atoms with Gasteiger partial charge in [0.05, 0.1) is 5.69 Å². The van der Waals surface area contributed by atoms with Gasteiger partial charge in [-0.15, -0.1) is 0 Å². The Bertz CT molecular complexity index is 899. The standard InChI is InChI=1S/C21H30ClN5O2/c1-13(2)27(20(29)23-15-9-8-14(3)16(22)10-15)12-19(28)24-18-11-17(21(4,5)6)25-26(18)7/h8-11,13H,12H2,1-7H3,(H,23,29)(H,24,28). The smallest absolute Gasteiger partial charge is 0.313 e. The van der Waals surface area contributed by atoms with Crippen LogP contribution in [0.2, 0.25) is 5.02 Å². The first-order valence-corrected chi connectivity index (χ1v) is 9.94. The average Bonchev–Trinajstić information content (AvgIpc) is 2.96. The maximum atomic E-state index is 12.7. The Morgan fingerprint density at radius 3 is 2.38 bits per heavy atom. The Morgan fingerprint density at radius 1 is 1.21 bits per heavy atom. The fourth-order valence-corrected chi connectivity index (χ4v) is 2.82. The summed E-state index contributed by atoms with van der Waals surface area (Å²) in [6.07, 6.45) is 0. The Morgan fingerprint density at radius 2 is 1.86 bits per heavy atom. The summed E-state index contributed by atoms with van der Waals surface area (Å²) in [6, 6.07) is 6.62. The van der Waals surface area contributed by atoms with Gasteiger partial charge in [0.1, 0.15) is 12.4 Å². The molecular formula is C21H30ClN5O2. The first-order chi connectivity index (χ1) is 13.4. The molecule has 2 aromatic rings. The van der Waals surface area contributed by atoms with Crippen molar-refractivity contribution < 1.29 is 9.59 Å². The summed E-state index contributed by atoms with van der Waals surface area (Å²) in [5.74, 6) is 0.300. The van der Waals surface area contributed by atoms with Crippen molar-refractivity contribution in [3.63, 3.8) is 0 Å². The number of carbonyl (C=O) groups is 2. The molecule has 158 valence electrons. The Kier molecular flexibility index (Phi) is 6.95. The lowest BCUT2D eigenvalue weighted by Crippen LogP contribution is -2.44. The van der Waals surface area contributed by atoms with Crippen molar-refractivity contribution in [3.8, 4) is 0 Å². The van der Waals surface area contributed by atoms with Crippen molar-refractivity contribution >= 4 is 35.0 Å². The Hall–Kier alpha value is -2.54. The van der Waals surface area contributed by atoms with Gasteiger partial charge in [0.15, 0.2) is 0 Å². The number of hydrogen-bond acceptors (Lipinski definition) is 3. The fourth-order valence-electron chi connectivity index (χ4n) is 2.64. The van der Waals surface area contributed by atoms with Gasteiger partial charge in [-0.3, -0.25) is 9.48 Å². The summed E-state index contributed by atoms with van der Waals surface area (Å²) in [7, 11) is 1.78. The quantitative estimate of drug-likeness (QED) is 0.745. The van der Waals surface area contributed by atoms with Crippen LogP contribution in [0.4, 0.5) is 16.3 Å². The van der Waals surface area contributed by atoms with Crippen molar-refractivity contribution in [2.75, 3.05) is 17.2 Å². The third kappa shape index (κ3) is 5.97. The highest BCUT2D eigenvalue weighted by Crippen LogP contribution is 2.23. The number of benzene rings is 1. The van der Waals surface area contributed by atoms with Crippen molar-refractivity contribution in [1.29, 1.82) is 0 Å². The zero-order chi connectivity index (χ0) is 21.9. The molecule has 0 atom stereocenters. The summed E-state index contributed by atoms with van der Waals surface area (Å²) in [5, 5.41) is 10.7. The molecule has 29 heavy (non-hydrogen) atoms.